The molecule has 0 saturated heterocycles. The van der Waals surface area contributed by atoms with Crippen molar-refractivity contribution >= 4 is 12.4 Å². The molecule has 0 aromatic heterocycles. The molecule has 4 heteroatoms. The van der Waals surface area contributed by atoms with Gasteiger partial charge in [0.05, 0.1) is 0 Å². The zero-order valence-electron chi connectivity index (χ0n) is 6.35. The van der Waals surface area contributed by atoms with Crippen LogP contribution in [0.3, 0.4) is 0 Å². The fourth-order valence-electron chi connectivity index (χ4n) is 1.29. The topological polar surface area (TPSA) is 26.0 Å². The summed E-state index contributed by atoms with van der Waals surface area (Å²) in [4.78, 5) is 0. The van der Waals surface area contributed by atoms with Gasteiger partial charge in [-0.2, -0.15) is 0 Å². The van der Waals surface area contributed by atoms with Crippen molar-refractivity contribution in [2.24, 2.45) is 5.73 Å². The highest BCUT2D eigenvalue weighted by molar-refractivity contribution is 5.85. The Morgan fingerprint density at radius 3 is 2.45 bits per heavy atom. The SMILES string of the molecule is Cl.NC1CCCC(F)(F)CC1. The quantitative estimate of drug-likeness (QED) is 0.576. The molecule has 0 amide bonds. The largest absolute Gasteiger partial charge is 0.328 e. The highest BCUT2D eigenvalue weighted by atomic mass is 35.5. The molecule has 0 radical (unpaired) electrons. The predicted octanol–water partition coefficient (Wildman–Crippen LogP) is 2.33. The molecule has 1 nitrogen and oxygen atoms in total. The second kappa shape index (κ2) is 4.21. The molecule has 1 aliphatic carbocycles. The van der Waals surface area contributed by atoms with Gasteiger partial charge in [-0.15, -0.1) is 12.4 Å². The molecular weight excluding hydrogens is 172 g/mol. The first-order valence-electron chi connectivity index (χ1n) is 3.73. The summed E-state index contributed by atoms with van der Waals surface area (Å²) >= 11 is 0. The molecule has 11 heavy (non-hydrogen) atoms. The second-order valence-electron chi connectivity index (χ2n) is 3.05. The van der Waals surface area contributed by atoms with E-state index < -0.39 is 5.92 Å². The molecule has 1 fully saturated rings. The van der Waals surface area contributed by atoms with Crippen molar-refractivity contribution in [2.45, 2.75) is 44.1 Å². The molecule has 0 bridgehead atoms. The van der Waals surface area contributed by atoms with Gasteiger partial charge in [0, 0.05) is 18.9 Å². The van der Waals surface area contributed by atoms with Crippen LogP contribution < -0.4 is 5.73 Å². The minimum atomic E-state index is -2.44. The minimum absolute atomic E-state index is 0. The maximum atomic E-state index is 12.6. The van der Waals surface area contributed by atoms with E-state index in [0.29, 0.717) is 12.8 Å². The monoisotopic (exact) mass is 185 g/mol. The van der Waals surface area contributed by atoms with Crippen LogP contribution in [0.15, 0.2) is 0 Å². The molecule has 0 aromatic carbocycles. The summed E-state index contributed by atoms with van der Waals surface area (Å²) in [7, 11) is 0. The Kier molecular flexibility index (Phi) is 4.26. The first-order valence-corrected chi connectivity index (χ1v) is 3.73. The molecule has 0 aromatic rings. The van der Waals surface area contributed by atoms with E-state index in [2.05, 4.69) is 0 Å². The molecule has 0 heterocycles. The normalized spacial score (nSPS) is 30.3. The molecule has 0 spiro atoms. The first-order chi connectivity index (χ1) is 4.60. The van der Waals surface area contributed by atoms with Crippen molar-refractivity contribution < 1.29 is 8.78 Å². The summed E-state index contributed by atoms with van der Waals surface area (Å²) in [5.74, 6) is -2.44. The standard InChI is InChI=1S/C7H13F2N.ClH/c8-7(9)4-1-2-6(10)3-5-7;/h6H,1-5,10H2;1H. The smallest absolute Gasteiger partial charge is 0.248 e. The van der Waals surface area contributed by atoms with Crippen molar-refractivity contribution in [2.75, 3.05) is 0 Å². The first kappa shape index (κ1) is 11.1. The molecular formula is C7H14ClF2N. The maximum absolute atomic E-state index is 12.6. The van der Waals surface area contributed by atoms with Gasteiger partial charge in [0.1, 0.15) is 0 Å². The van der Waals surface area contributed by atoms with E-state index in [4.69, 9.17) is 5.73 Å². The van der Waals surface area contributed by atoms with E-state index in [1.54, 1.807) is 0 Å². The summed E-state index contributed by atoms with van der Waals surface area (Å²) in [5, 5.41) is 0. The Bertz CT molecular complexity index is 119. The van der Waals surface area contributed by atoms with E-state index in [0.717, 1.165) is 6.42 Å². The van der Waals surface area contributed by atoms with Gasteiger partial charge >= 0.3 is 0 Å². The van der Waals surface area contributed by atoms with Gasteiger partial charge in [0.2, 0.25) is 5.92 Å². The molecule has 68 valence electrons. The van der Waals surface area contributed by atoms with Crippen LogP contribution in [0.25, 0.3) is 0 Å². The van der Waals surface area contributed by atoms with Crippen LogP contribution in [-0.2, 0) is 0 Å². The van der Waals surface area contributed by atoms with Crippen molar-refractivity contribution in [3.8, 4) is 0 Å². The number of nitrogens with two attached hydrogens (primary N) is 1. The Hall–Kier alpha value is 0.110. The van der Waals surface area contributed by atoms with Crippen molar-refractivity contribution in [1.82, 2.24) is 0 Å². The molecule has 1 atom stereocenters. The lowest BCUT2D eigenvalue weighted by Crippen LogP contribution is -2.19. The van der Waals surface area contributed by atoms with E-state index >= 15 is 0 Å². The summed E-state index contributed by atoms with van der Waals surface area (Å²) in [6.07, 6.45) is 1.83. The molecule has 0 aliphatic heterocycles. The van der Waals surface area contributed by atoms with Crippen LogP contribution >= 0.6 is 12.4 Å². The van der Waals surface area contributed by atoms with Crippen LogP contribution in [0.4, 0.5) is 8.78 Å². The van der Waals surface area contributed by atoms with Crippen LogP contribution in [-0.4, -0.2) is 12.0 Å². The fraction of sp³-hybridized carbons (Fsp3) is 1.00. The third-order valence-corrected chi connectivity index (χ3v) is 2.00. The third kappa shape index (κ3) is 3.87. The minimum Gasteiger partial charge on any atom is -0.328 e. The van der Waals surface area contributed by atoms with Crippen molar-refractivity contribution in [1.29, 1.82) is 0 Å². The molecule has 1 saturated carbocycles. The van der Waals surface area contributed by atoms with Crippen LogP contribution in [0.2, 0.25) is 0 Å². The van der Waals surface area contributed by atoms with E-state index in [1.807, 2.05) is 0 Å². The average molecular weight is 186 g/mol. The molecule has 1 unspecified atom stereocenters. The maximum Gasteiger partial charge on any atom is 0.248 e. The summed E-state index contributed by atoms with van der Waals surface area (Å²) in [6, 6.07) is 0.00775. The molecule has 2 N–H and O–H groups in total. The lowest BCUT2D eigenvalue weighted by Gasteiger charge is -2.11. The Morgan fingerprint density at radius 2 is 1.82 bits per heavy atom. The number of hydrogen-bond donors (Lipinski definition) is 1. The molecule has 1 rings (SSSR count). The summed E-state index contributed by atoms with van der Waals surface area (Å²) in [5.41, 5.74) is 5.52. The van der Waals surface area contributed by atoms with E-state index in [-0.39, 0.29) is 31.3 Å². The predicted molar refractivity (Wildman–Crippen MR) is 43.3 cm³/mol. The Balaban J connectivity index is 0.000001000. The summed E-state index contributed by atoms with van der Waals surface area (Å²) in [6.45, 7) is 0. The summed E-state index contributed by atoms with van der Waals surface area (Å²) < 4.78 is 25.2. The lowest BCUT2D eigenvalue weighted by atomic mass is 10.1. The second-order valence-corrected chi connectivity index (χ2v) is 3.05. The van der Waals surface area contributed by atoms with Crippen LogP contribution in [0.1, 0.15) is 32.1 Å². The number of rotatable bonds is 0. The fourth-order valence-corrected chi connectivity index (χ4v) is 1.29. The Morgan fingerprint density at radius 1 is 1.18 bits per heavy atom. The van der Waals surface area contributed by atoms with Gasteiger partial charge in [-0.25, -0.2) is 8.78 Å². The zero-order valence-corrected chi connectivity index (χ0v) is 7.17. The third-order valence-electron chi connectivity index (χ3n) is 2.00. The van der Waals surface area contributed by atoms with Gasteiger partial charge in [-0.1, -0.05) is 0 Å². The number of alkyl halides is 2. The van der Waals surface area contributed by atoms with Gasteiger partial charge < -0.3 is 5.73 Å². The molecule has 1 aliphatic rings. The van der Waals surface area contributed by atoms with Crippen LogP contribution in [0, 0.1) is 0 Å². The van der Waals surface area contributed by atoms with Gasteiger partial charge in [0.25, 0.3) is 0 Å². The van der Waals surface area contributed by atoms with Crippen molar-refractivity contribution in [3.05, 3.63) is 0 Å². The van der Waals surface area contributed by atoms with Gasteiger partial charge in [-0.3, -0.25) is 0 Å². The van der Waals surface area contributed by atoms with Gasteiger partial charge in [0.15, 0.2) is 0 Å². The number of hydrogen-bond acceptors (Lipinski definition) is 1. The highest BCUT2D eigenvalue weighted by Gasteiger charge is 2.31. The lowest BCUT2D eigenvalue weighted by molar-refractivity contribution is -0.0141. The zero-order chi connectivity index (χ0) is 7.61. The highest BCUT2D eigenvalue weighted by Crippen LogP contribution is 2.30. The Labute approximate surface area is 71.7 Å². The van der Waals surface area contributed by atoms with E-state index in [1.165, 1.54) is 0 Å². The van der Waals surface area contributed by atoms with E-state index in [9.17, 15) is 8.78 Å². The van der Waals surface area contributed by atoms with Crippen molar-refractivity contribution in [3.63, 3.8) is 0 Å². The van der Waals surface area contributed by atoms with Crippen LogP contribution in [0.5, 0.6) is 0 Å². The average Bonchev–Trinajstić information content (AvgIpc) is 1.94. The van der Waals surface area contributed by atoms with Gasteiger partial charge in [-0.05, 0) is 19.3 Å². The number of halogens is 3.